The Morgan fingerprint density at radius 2 is 2.10 bits per heavy atom. The van der Waals surface area contributed by atoms with Crippen molar-refractivity contribution in [1.82, 2.24) is 4.72 Å². The second-order valence-electron chi connectivity index (χ2n) is 5.59. The van der Waals surface area contributed by atoms with Crippen LogP contribution in [-0.2, 0) is 16.6 Å². The maximum Gasteiger partial charge on any atom is 0.241 e. The number of benzene rings is 1. The summed E-state index contributed by atoms with van der Waals surface area (Å²) in [5.41, 5.74) is 7.06. The summed E-state index contributed by atoms with van der Waals surface area (Å²) >= 11 is 5.99. The molecule has 0 bridgehead atoms. The van der Waals surface area contributed by atoms with Gasteiger partial charge in [-0.3, -0.25) is 0 Å². The highest BCUT2D eigenvalue weighted by Gasteiger charge is 2.27. The first-order chi connectivity index (χ1) is 9.33. The Labute approximate surface area is 125 Å². The predicted molar refractivity (Wildman–Crippen MR) is 81.2 cm³/mol. The number of halogens is 1. The van der Waals surface area contributed by atoms with Crippen molar-refractivity contribution < 1.29 is 8.42 Å². The van der Waals surface area contributed by atoms with Gasteiger partial charge in [-0.2, -0.15) is 0 Å². The smallest absolute Gasteiger partial charge is 0.241 e. The molecule has 20 heavy (non-hydrogen) atoms. The van der Waals surface area contributed by atoms with Gasteiger partial charge in [0.15, 0.2) is 0 Å². The number of rotatable bonds is 6. The molecule has 1 aromatic rings. The van der Waals surface area contributed by atoms with Crippen LogP contribution in [0.4, 0.5) is 0 Å². The first-order valence-corrected chi connectivity index (χ1v) is 8.71. The zero-order valence-corrected chi connectivity index (χ0v) is 13.4. The summed E-state index contributed by atoms with van der Waals surface area (Å²) in [6, 6.07) is 3.14. The predicted octanol–water partition coefficient (Wildman–Crippen LogP) is 2.57. The van der Waals surface area contributed by atoms with Crippen LogP contribution in [0.5, 0.6) is 0 Å². The first-order valence-electron chi connectivity index (χ1n) is 6.85. The largest absolute Gasteiger partial charge is 0.326 e. The zero-order chi connectivity index (χ0) is 14.9. The molecule has 1 aliphatic rings. The van der Waals surface area contributed by atoms with Gasteiger partial charge >= 0.3 is 0 Å². The van der Waals surface area contributed by atoms with Crippen molar-refractivity contribution in [3.63, 3.8) is 0 Å². The number of hydrogen-bond donors (Lipinski definition) is 2. The maximum absolute atomic E-state index is 12.5. The molecule has 1 aliphatic carbocycles. The van der Waals surface area contributed by atoms with Crippen molar-refractivity contribution in [2.24, 2.45) is 11.7 Å². The highest BCUT2D eigenvalue weighted by Crippen LogP contribution is 2.34. The van der Waals surface area contributed by atoms with E-state index in [2.05, 4.69) is 4.72 Å². The summed E-state index contributed by atoms with van der Waals surface area (Å²) in [6.07, 6.45) is 3.31. The Morgan fingerprint density at radius 1 is 1.45 bits per heavy atom. The van der Waals surface area contributed by atoms with E-state index in [9.17, 15) is 8.42 Å². The van der Waals surface area contributed by atoms with Gasteiger partial charge in [0.1, 0.15) is 0 Å². The van der Waals surface area contributed by atoms with Crippen LogP contribution in [-0.4, -0.2) is 14.5 Å². The molecule has 0 spiro atoms. The summed E-state index contributed by atoms with van der Waals surface area (Å²) in [7, 11) is -3.55. The Balaban J connectivity index is 2.25. The minimum atomic E-state index is -3.55. The van der Waals surface area contributed by atoms with Gasteiger partial charge in [-0.1, -0.05) is 24.4 Å². The van der Waals surface area contributed by atoms with Gasteiger partial charge in [0.25, 0.3) is 0 Å². The van der Waals surface area contributed by atoms with Gasteiger partial charge in [-0.15, -0.1) is 0 Å². The van der Waals surface area contributed by atoms with E-state index in [1.165, 1.54) is 18.9 Å². The second-order valence-corrected chi connectivity index (χ2v) is 7.71. The Bertz CT molecular complexity index is 597. The summed E-state index contributed by atoms with van der Waals surface area (Å²) in [5, 5.41) is 0.395. The molecule has 1 atom stereocenters. The van der Waals surface area contributed by atoms with Gasteiger partial charge in [0.05, 0.1) is 4.90 Å². The molecular weight excluding hydrogens is 296 g/mol. The van der Waals surface area contributed by atoms with E-state index in [4.69, 9.17) is 17.3 Å². The van der Waals surface area contributed by atoms with Crippen molar-refractivity contribution in [3.8, 4) is 0 Å². The molecule has 0 aromatic heterocycles. The van der Waals surface area contributed by atoms with Crippen molar-refractivity contribution >= 4 is 21.6 Å². The van der Waals surface area contributed by atoms with E-state index < -0.39 is 10.0 Å². The average molecular weight is 317 g/mol. The van der Waals surface area contributed by atoms with E-state index in [-0.39, 0.29) is 17.5 Å². The molecule has 1 fully saturated rings. The third-order valence-electron chi connectivity index (χ3n) is 3.68. The van der Waals surface area contributed by atoms with E-state index in [1.807, 2.05) is 6.92 Å². The fourth-order valence-corrected chi connectivity index (χ4v) is 4.30. The molecule has 1 aromatic carbocycles. The molecule has 0 saturated heterocycles. The van der Waals surface area contributed by atoms with Crippen LogP contribution in [0.1, 0.15) is 37.3 Å². The molecule has 1 unspecified atom stereocenters. The fraction of sp³-hybridized carbons (Fsp3) is 0.571. The summed E-state index contributed by atoms with van der Waals surface area (Å²) in [5.74, 6) is 0.674. The molecule has 6 heteroatoms. The molecular formula is C14H21ClN2O2S. The highest BCUT2D eigenvalue weighted by molar-refractivity contribution is 7.89. The molecule has 2 rings (SSSR count). The molecule has 0 amide bonds. The van der Waals surface area contributed by atoms with Gasteiger partial charge in [0, 0.05) is 17.6 Å². The lowest BCUT2D eigenvalue weighted by molar-refractivity contribution is 0.529. The summed E-state index contributed by atoms with van der Waals surface area (Å²) in [4.78, 5) is 0.230. The molecule has 3 N–H and O–H groups in total. The van der Waals surface area contributed by atoms with Crippen LogP contribution in [0.3, 0.4) is 0 Å². The molecule has 1 saturated carbocycles. The van der Waals surface area contributed by atoms with E-state index >= 15 is 0 Å². The van der Waals surface area contributed by atoms with Gasteiger partial charge in [-0.25, -0.2) is 13.1 Å². The van der Waals surface area contributed by atoms with Gasteiger partial charge in [0.2, 0.25) is 10.0 Å². The minimum Gasteiger partial charge on any atom is -0.326 e. The normalized spacial score (nSPS) is 17.2. The van der Waals surface area contributed by atoms with E-state index in [0.717, 1.165) is 12.0 Å². The minimum absolute atomic E-state index is 0.0628. The number of hydrogen-bond acceptors (Lipinski definition) is 3. The lowest BCUT2D eigenvalue weighted by atomic mass is 10.1. The first kappa shape index (κ1) is 15.8. The third-order valence-corrected chi connectivity index (χ3v) is 5.62. The maximum atomic E-state index is 12.5. The van der Waals surface area contributed by atoms with Crippen molar-refractivity contribution in [3.05, 3.63) is 28.3 Å². The van der Waals surface area contributed by atoms with E-state index in [1.54, 1.807) is 13.0 Å². The van der Waals surface area contributed by atoms with Crippen LogP contribution in [0.25, 0.3) is 0 Å². The monoisotopic (exact) mass is 316 g/mol. The SMILES string of the molecule is Cc1c(CN)cc(Cl)cc1S(=O)(=O)NC(C)CC1CC1. The standard InChI is InChI=1S/C14H21ClN2O2S/c1-9(5-11-3-4-11)17-20(18,19)14-7-13(15)6-12(8-16)10(14)2/h6-7,9,11,17H,3-5,8,16H2,1-2H3. The van der Waals surface area contributed by atoms with Crippen molar-refractivity contribution in [2.75, 3.05) is 0 Å². The Morgan fingerprint density at radius 3 is 2.65 bits per heavy atom. The number of nitrogens with one attached hydrogen (secondary N) is 1. The average Bonchev–Trinajstić information content (AvgIpc) is 3.14. The van der Waals surface area contributed by atoms with Crippen LogP contribution >= 0.6 is 11.6 Å². The number of nitrogens with two attached hydrogens (primary N) is 1. The topological polar surface area (TPSA) is 72.2 Å². The molecule has 0 heterocycles. The van der Waals surface area contributed by atoms with Crippen LogP contribution < -0.4 is 10.5 Å². The molecule has 112 valence electrons. The van der Waals surface area contributed by atoms with Crippen LogP contribution in [0.15, 0.2) is 17.0 Å². The second kappa shape index (κ2) is 6.02. The van der Waals surface area contributed by atoms with Gasteiger partial charge < -0.3 is 5.73 Å². The van der Waals surface area contributed by atoms with Crippen LogP contribution in [0, 0.1) is 12.8 Å². The van der Waals surface area contributed by atoms with Gasteiger partial charge in [-0.05, 0) is 49.4 Å². The van der Waals surface area contributed by atoms with Crippen LogP contribution in [0.2, 0.25) is 5.02 Å². The lowest BCUT2D eigenvalue weighted by Crippen LogP contribution is -2.33. The summed E-state index contributed by atoms with van der Waals surface area (Å²) in [6.45, 7) is 3.94. The number of sulfonamides is 1. The third kappa shape index (κ3) is 3.73. The van der Waals surface area contributed by atoms with Crippen molar-refractivity contribution in [2.45, 2.75) is 50.6 Å². The molecule has 0 aliphatic heterocycles. The molecule has 0 radical (unpaired) electrons. The Hall–Kier alpha value is -0.620. The van der Waals surface area contributed by atoms with Crippen molar-refractivity contribution in [1.29, 1.82) is 0 Å². The fourth-order valence-electron chi connectivity index (χ4n) is 2.43. The quantitative estimate of drug-likeness (QED) is 0.847. The highest BCUT2D eigenvalue weighted by atomic mass is 35.5. The lowest BCUT2D eigenvalue weighted by Gasteiger charge is -2.17. The zero-order valence-electron chi connectivity index (χ0n) is 11.8. The summed E-state index contributed by atoms with van der Waals surface area (Å²) < 4.78 is 27.7. The molecule has 4 nitrogen and oxygen atoms in total. The Kier molecular flexibility index (Phi) is 4.74. The van der Waals surface area contributed by atoms with E-state index in [0.29, 0.717) is 16.5 Å².